The van der Waals surface area contributed by atoms with Crippen LogP contribution in [0.2, 0.25) is 0 Å². The molecule has 1 N–H and O–H groups in total. The van der Waals surface area contributed by atoms with Crippen LogP contribution < -0.4 is 5.32 Å². The van der Waals surface area contributed by atoms with E-state index in [0.717, 1.165) is 21.1 Å². The third-order valence-electron chi connectivity index (χ3n) is 5.50. The molecule has 3 aromatic rings. The number of benzene rings is 2. The fourth-order valence-corrected chi connectivity index (χ4v) is 6.15. The molecular formula is C22H24N4O5S2. The van der Waals surface area contributed by atoms with Gasteiger partial charge in [-0.2, -0.15) is 5.10 Å². The number of sulfonamides is 1. The number of carbonyl (C=O) groups excluding carboxylic acids is 1. The van der Waals surface area contributed by atoms with E-state index in [1.54, 1.807) is 4.68 Å². The Hall–Kier alpha value is -3.02. The van der Waals surface area contributed by atoms with Gasteiger partial charge < -0.3 is 5.32 Å². The number of hydrogen-bond donors (Lipinski definition) is 1. The Bertz CT molecular complexity index is 1470. The molecule has 4 rings (SSSR count). The number of nitrogens with one attached hydrogen (secondary N) is 1. The molecule has 33 heavy (non-hydrogen) atoms. The van der Waals surface area contributed by atoms with Crippen LogP contribution in [0.4, 0.5) is 5.82 Å². The van der Waals surface area contributed by atoms with Crippen molar-refractivity contribution in [3.05, 3.63) is 70.4 Å². The predicted molar refractivity (Wildman–Crippen MR) is 125 cm³/mol. The number of sulfone groups is 1. The molecule has 1 amide bonds. The first-order valence-corrected chi connectivity index (χ1v) is 13.4. The lowest BCUT2D eigenvalue weighted by Crippen LogP contribution is -2.22. The first-order valence-electron chi connectivity index (χ1n) is 10.1. The zero-order valence-corrected chi connectivity index (χ0v) is 20.3. The van der Waals surface area contributed by atoms with Crippen molar-refractivity contribution < 1.29 is 21.6 Å². The van der Waals surface area contributed by atoms with Crippen LogP contribution in [0.1, 0.15) is 32.7 Å². The minimum absolute atomic E-state index is 0.0661. The second-order valence-corrected chi connectivity index (χ2v) is 12.5. The van der Waals surface area contributed by atoms with Gasteiger partial charge in [0.25, 0.3) is 5.91 Å². The average Bonchev–Trinajstić information content (AvgIpc) is 3.20. The van der Waals surface area contributed by atoms with E-state index in [4.69, 9.17) is 0 Å². The number of amides is 1. The Morgan fingerprint density at radius 3 is 2.33 bits per heavy atom. The van der Waals surface area contributed by atoms with Crippen molar-refractivity contribution in [3.8, 4) is 5.69 Å². The highest BCUT2D eigenvalue weighted by atomic mass is 32.2. The number of aromatic nitrogens is 2. The van der Waals surface area contributed by atoms with Crippen LogP contribution in [-0.2, 0) is 31.4 Å². The lowest BCUT2D eigenvalue weighted by molar-refractivity contribution is 0.102. The SMILES string of the molecule is Cc1ccc(-n2nc3c(c2NC(=O)c2ccc(S(=O)(=O)N(C)C)cc2)CS(=O)(=O)C3)c(C)c1. The quantitative estimate of drug-likeness (QED) is 0.589. The summed E-state index contributed by atoms with van der Waals surface area (Å²) in [4.78, 5) is 13.1. The second kappa shape index (κ2) is 8.08. The number of carbonyl (C=O) groups is 1. The summed E-state index contributed by atoms with van der Waals surface area (Å²) in [5, 5.41) is 7.30. The molecule has 1 aliphatic rings. The molecule has 0 spiro atoms. The summed E-state index contributed by atoms with van der Waals surface area (Å²) in [6.07, 6.45) is 0. The molecule has 1 aromatic heterocycles. The number of anilines is 1. The van der Waals surface area contributed by atoms with Gasteiger partial charge in [-0.25, -0.2) is 25.8 Å². The first-order chi connectivity index (χ1) is 15.4. The average molecular weight is 489 g/mol. The smallest absolute Gasteiger partial charge is 0.256 e. The number of aryl methyl sites for hydroxylation is 2. The van der Waals surface area contributed by atoms with E-state index < -0.39 is 25.8 Å². The van der Waals surface area contributed by atoms with Gasteiger partial charge >= 0.3 is 0 Å². The maximum absolute atomic E-state index is 13.0. The molecule has 0 unspecified atom stereocenters. The van der Waals surface area contributed by atoms with Crippen molar-refractivity contribution in [3.63, 3.8) is 0 Å². The second-order valence-electron chi connectivity index (χ2n) is 8.27. The Morgan fingerprint density at radius 2 is 1.73 bits per heavy atom. The largest absolute Gasteiger partial charge is 0.306 e. The van der Waals surface area contributed by atoms with Crippen LogP contribution >= 0.6 is 0 Å². The molecular weight excluding hydrogens is 464 g/mol. The number of fused-ring (bicyclic) bond motifs is 1. The predicted octanol–water partition coefficient (Wildman–Crippen LogP) is 2.42. The minimum Gasteiger partial charge on any atom is -0.306 e. The summed E-state index contributed by atoms with van der Waals surface area (Å²) in [7, 11) is -4.09. The van der Waals surface area contributed by atoms with E-state index in [0.29, 0.717) is 17.1 Å². The topological polar surface area (TPSA) is 118 Å². The molecule has 0 fully saturated rings. The number of rotatable bonds is 5. The minimum atomic E-state index is -3.62. The van der Waals surface area contributed by atoms with E-state index in [9.17, 15) is 21.6 Å². The maximum atomic E-state index is 13.0. The van der Waals surface area contributed by atoms with Crippen LogP contribution in [0.5, 0.6) is 0 Å². The highest BCUT2D eigenvalue weighted by Crippen LogP contribution is 2.34. The van der Waals surface area contributed by atoms with E-state index in [-0.39, 0.29) is 22.0 Å². The third-order valence-corrected chi connectivity index (χ3v) is 8.77. The molecule has 0 radical (unpaired) electrons. The van der Waals surface area contributed by atoms with Crippen molar-refractivity contribution in [2.24, 2.45) is 0 Å². The highest BCUT2D eigenvalue weighted by molar-refractivity contribution is 7.90. The van der Waals surface area contributed by atoms with Gasteiger partial charge in [0.1, 0.15) is 5.82 Å². The third kappa shape index (κ3) is 4.31. The van der Waals surface area contributed by atoms with Crippen LogP contribution in [0.25, 0.3) is 5.69 Å². The Morgan fingerprint density at radius 1 is 1.06 bits per heavy atom. The van der Waals surface area contributed by atoms with Gasteiger partial charge in [0.15, 0.2) is 9.84 Å². The summed E-state index contributed by atoms with van der Waals surface area (Å²) in [6, 6.07) is 11.3. The van der Waals surface area contributed by atoms with Gasteiger partial charge in [-0.05, 0) is 49.7 Å². The van der Waals surface area contributed by atoms with E-state index in [1.807, 2.05) is 32.0 Å². The lowest BCUT2D eigenvalue weighted by atomic mass is 10.1. The van der Waals surface area contributed by atoms with Crippen LogP contribution in [0, 0.1) is 13.8 Å². The van der Waals surface area contributed by atoms with Gasteiger partial charge in [-0.1, -0.05) is 17.7 Å². The standard InChI is InChI=1S/C22H24N4O5S2/c1-14-5-10-20(15(2)11-14)26-21(18-12-32(28,29)13-19(18)24-26)23-22(27)16-6-8-17(9-7-16)33(30,31)25(3)4/h5-11H,12-13H2,1-4H3,(H,23,27). The van der Waals surface area contributed by atoms with E-state index >= 15 is 0 Å². The molecule has 9 nitrogen and oxygen atoms in total. The van der Waals surface area contributed by atoms with E-state index in [1.165, 1.54) is 38.4 Å². The number of nitrogens with zero attached hydrogens (tertiary/aromatic N) is 3. The van der Waals surface area contributed by atoms with Gasteiger partial charge in [-0.15, -0.1) is 0 Å². The summed E-state index contributed by atoms with van der Waals surface area (Å²) in [5.74, 6) is -0.585. The Kier molecular flexibility index (Phi) is 5.67. The Balaban J connectivity index is 1.72. The molecule has 174 valence electrons. The maximum Gasteiger partial charge on any atom is 0.256 e. The van der Waals surface area contributed by atoms with Crippen molar-refractivity contribution in [2.75, 3.05) is 19.4 Å². The highest BCUT2D eigenvalue weighted by Gasteiger charge is 2.33. The van der Waals surface area contributed by atoms with Gasteiger partial charge in [0, 0.05) is 25.2 Å². The van der Waals surface area contributed by atoms with Crippen LogP contribution in [0.15, 0.2) is 47.4 Å². The molecule has 11 heteroatoms. The van der Waals surface area contributed by atoms with Crippen molar-refractivity contribution >= 4 is 31.6 Å². The Labute approximate surface area is 193 Å². The van der Waals surface area contributed by atoms with Crippen LogP contribution in [-0.4, -0.2) is 50.9 Å². The molecule has 0 saturated heterocycles. The molecule has 0 atom stereocenters. The zero-order chi connectivity index (χ0) is 24.1. The fourth-order valence-electron chi connectivity index (χ4n) is 3.76. The van der Waals surface area contributed by atoms with Crippen molar-refractivity contribution in [1.29, 1.82) is 0 Å². The number of hydrogen-bond acceptors (Lipinski definition) is 6. The molecule has 0 saturated carbocycles. The molecule has 0 bridgehead atoms. The lowest BCUT2D eigenvalue weighted by Gasteiger charge is -2.14. The van der Waals surface area contributed by atoms with Crippen molar-refractivity contribution in [2.45, 2.75) is 30.2 Å². The van der Waals surface area contributed by atoms with Gasteiger partial charge in [0.05, 0.1) is 27.8 Å². The van der Waals surface area contributed by atoms with E-state index in [2.05, 4.69) is 10.4 Å². The summed E-state index contributed by atoms with van der Waals surface area (Å²) in [5.41, 5.74) is 3.84. The molecule has 0 aliphatic carbocycles. The van der Waals surface area contributed by atoms with Gasteiger partial charge in [-0.3, -0.25) is 4.79 Å². The molecule has 2 heterocycles. The normalized spacial score (nSPS) is 14.9. The summed E-state index contributed by atoms with van der Waals surface area (Å²) < 4.78 is 51.6. The molecule has 2 aromatic carbocycles. The monoisotopic (exact) mass is 488 g/mol. The zero-order valence-electron chi connectivity index (χ0n) is 18.7. The fraction of sp³-hybridized carbons (Fsp3) is 0.273. The summed E-state index contributed by atoms with van der Waals surface area (Å²) >= 11 is 0. The van der Waals surface area contributed by atoms with Crippen molar-refractivity contribution in [1.82, 2.24) is 14.1 Å². The van der Waals surface area contributed by atoms with Gasteiger partial charge in [0.2, 0.25) is 10.0 Å². The summed E-state index contributed by atoms with van der Waals surface area (Å²) in [6.45, 7) is 3.89. The molecule has 1 aliphatic heterocycles. The van der Waals surface area contributed by atoms with Crippen LogP contribution in [0.3, 0.4) is 0 Å². The first kappa shape index (κ1) is 23.1.